The van der Waals surface area contributed by atoms with Crippen LogP contribution in [-0.2, 0) is 17.6 Å². The first-order chi connectivity index (χ1) is 17.0. The highest BCUT2D eigenvalue weighted by atomic mass is 16.5. The van der Waals surface area contributed by atoms with Crippen molar-refractivity contribution in [2.24, 2.45) is 0 Å². The van der Waals surface area contributed by atoms with E-state index in [2.05, 4.69) is 53.0 Å². The maximum Gasteiger partial charge on any atom is 0.337 e. The number of benzene rings is 3. The van der Waals surface area contributed by atoms with Gasteiger partial charge in [-0.1, -0.05) is 37.6 Å². The maximum absolute atomic E-state index is 11.1. The fourth-order valence-electron chi connectivity index (χ4n) is 4.64. The summed E-state index contributed by atoms with van der Waals surface area (Å²) in [7, 11) is 0. The summed E-state index contributed by atoms with van der Waals surface area (Å²) in [5, 5.41) is 20.9. The average molecular weight is 469 g/mol. The average Bonchev–Trinajstić information content (AvgIpc) is 3.49. The molecule has 0 bridgehead atoms. The number of aliphatic hydroxyl groups is 1. The van der Waals surface area contributed by atoms with Crippen molar-refractivity contribution < 1.29 is 19.7 Å². The molecule has 0 fully saturated rings. The monoisotopic (exact) mass is 468 g/mol. The van der Waals surface area contributed by atoms with Crippen molar-refractivity contribution in [2.45, 2.75) is 32.3 Å². The first-order valence-electron chi connectivity index (χ1n) is 11.9. The first-order valence-corrected chi connectivity index (χ1v) is 11.9. The Morgan fingerprint density at radius 1 is 1.03 bits per heavy atom. The number of aliphatic carboxylic acids is 1. The van der Waals surface area contributed by atoms with E-state index in [9.17, 15) is 9.90 Å². The Balaban J connectivity index is 1.34. The molecule has 0 radical (unpaired) electrons. The standard InChI is InChI=1S/C29H28N2O4/c1-2-6-24-23-13-15-31(22-7-4-3-5-8-22)26(23)11-12-27(24)35-16-14-21-18-20-17-19(28(32)29(33)34)9-10-25(20)30-21/h3-5,7-13,15,17-18,28,30,32H,2,6,14,16H2,1H3,(H,33,34). The number of H-pyrrole nitrogens is 1. The van der Waals surface area contributed by atoms with Gasteiger partial charge >= 0.3 is 5.97 Å². The Kier molecular flexibility index (Phi) is 6.29. The number of nitrogens with one attached hydrogen (secondary N) is 1. The van der Waals surface area contributed by atoms with E-state index in [4.69, 9.17) is 9.84 Å². The normalized spacial score (nSPS) is 12.3. The third kappa shape index (κ3) is 4.53. The summed E-state index contributed by atoms with van der Waals surface area (Å²) in [6, 6.07) is 23.8. The number of ether oxygens (including phenoxy) is 1. The van der Waals surface area contributed by atoms with Crippen molar-refractivity contribution >= 4 is 27.8 Å². The van der Waals surface area contributed by atoms with Crippen LogP contribution in [-0.4, -0.2) is 32.3 Å². The van der Waals surface area contributed by atoms with Gasteiger partial charge in [-0.05, 0) is 60.5 Å². The van der Waals surface area contributed by atoms with Gasteiger partial charge < -0.3 is 24.5 Å². The second kappa shape index (κ2) is 9.68. The molecule has 0 saturated heterocycles. The van der Waals surface area contributed by atoms with E-state index in [1.54, 1.807) is 18.2 Å². The third-order valence-electron chi connectivity index (χ3n) is 6.35. The van der Waals surface area contributed by atoms with Gasteiger partial charge in [0.1, 0.15) is 5.75 Å². The quantitative estimate of drug-likeness (QED) is 0.255. The van der Waals surface area contributed by atoms with Crippen LogP contribution in [0.4, 0.5) is 0 Å². The second-order valence-electron chi connectivity index (χ2n) is 8.73. The largest absolute Gasteiger partial charge is 0.493 e. The number of nitrogens with zero attached hydrogens (tertiary/aromatic N) is 1. The maximum atomic E-state index is 11.1. The van der Waals surface area contributed by atoms with Crippen molar-refractivity contribution in [1.29, 1.82) is 0 Å². The van der Waals surface area contributed by atoms with Crippen LogP contribution in [0.25, 0.3) is 27.5 Å². The molecule has 0 spiro atoms. The zero-order chi connectivity index (χ0) is 24.4. The lowest BCUT2D eigenvalue weighted by Gasteiger charge is -2.13. The zero-order valence-corrected chi connectivity index (χ0v) is 19.6. The topological polar surface area (TPSA) is 87.5 Å². The molecule has 3 N–H and O–H groups in total. The molecule has 6 nitrogen and oxygen atoms in total. The highest BCUT2D eigenvalue weighted by Crippen LogP contribution is 2.32. The van der Waals surface area contributed by atoms with Crippen LogP contribution in [0.5, 0.6) is 5.75 Å². The van der Waals surface area contributed by atoms with Crippen LogP contribution in [0.3, 0.4) is 0 Å². The molecule has 1 atom stereocenters. The predicted octanol–water partition coefficient (Wildman–Crippen LogP) is 5.80. The molecule has 0 aliphatic carbocycles. The molecule has 0 aliphatic heterocycles. The van der Waals surface area contributed by atoms with Crippen LogP contribution >= 0.6 is 0 Å². The number of aromatic amines is 1. The highest BCUT2D eigenvalue weighted by molar-refractivity contribution is 5.87. The van der Waals surface area contributed by atoms with Crippen molar-refractivity contribution in [1.82, 2.24) is 9.55 Å². The van der Waals surface area contributed by atoms with E-state index < -0.39 is 12.1 Å². The van der Waals surface area contributed by atoms with E-state index in [0.717, 1.165) is 40.9 Å². The van der Waals surface area contributed by atoms with E-state index in [1.165, 1.54) is 16.5 Å². The first kappa shape index (κ1) is 22.7. The molecule has 3 aromatic carbocycles. The predicted molar refractivity (Wildman–Crippen MR) is 137 cm³/mol. The number of carboxylic acid groups (broad SMARTS) is 1. The lowest BCUT2D eigenvalue weighted by atomic mass is 10.0. The van der Waals surface area contributed by atoms with Crippen LogP contribution in [0, 0.1) is 0 Å². The second-order valence-corrected chi connectivity index (χ2v) is 8.73. The van der Waals surface area contributed by atoms with E-state index >= 15 is 0 Å². The van der Waals surface area contributed by atoms with E-state index in [0.29, 0.717) is 18.6 Å². The molecule has 0 aliphatic rings. The van der Waals surface area contributed by atoms with Crippen LogP contribution in [0.2, 0.25) is 0 Å². The summed E-state index contributed by atoms with van der Waals surface area (Å²) in [5.74, 6) is -0.347. The molecule has 0 amide bonds. The Morgan fingerprint density at radius 3 is 2.63 bits per heavy atom. The van der Waals surface area contributed by atoms with Gasteiger partial charge in [-0.25, -0.2) is 4.79 Å². The number of fused-ring (bicyclic) bond motifs is 2. The number of carbonyl (C=O) groups is 1. The molecule has 2 aromatic heterocycles. The smallest absolute Gasteiger partial charge is 0.337 e. The highest BCUT2D eigenvalue weighted by Gasteiger charge is 2.17. The summed E-state index contributed by atoms with van der Waals surface area (Å²) in [4.78, 5) is 14.4. The van der Waals surface area contributed by atoms with Crippen molar-refractivity contribution in [3.8, 4) is 11.4 Å². The number of carboxylic acids is 1. The molecule has 178 valence electrons. The number of para-hydroxylation sites is 1. The summed E-state index contributed by atoms with van der Waals surface area (Å²) in [5.41, 5.74) is 5.79. The van der Waals surface area contributed by atoms with Crippen LogP contribution in [0.1, 0.15) is 36.3 Å². The number of rotatable bonds is 9. The summed E-state index contributed by atoms with van der Waals surface area (Å²) in [6.07, 6.45) is 3.23. The Hall–Kier alpha value is -4.03. The molecule has 35 heavy (non-hydrogen) atoms. The molecule has 5 aromatic rings. The van der Waals surface area contributed by atoms with Gasteiger partial charge in [-0.2, -0.15) is 0 Å². The Labute approximate surface area is 203 Å². The van der Waals surface area contributed by atoms with E-state index in [-0.39, 0.29) is 0 Å². The molecule has 5 rings (SSSR count). The lowest BCUT2D eigenvalue weighted by molar-refractivity contribution is -0.146. The minimum atomic E-state index is -1.52. The van der Waals surface area contributed by atoms with Gasteiger partial charge in [0.05, 0.1) is 12.1 Å². The van der Waals surface area contributed by atoms with Crippen LogP contribution < -0.4 is 4.74 Å². The molecule has 2 heterocycles. The molecule has 0 saturated carbocycles. The minimum absolute atomic E-state index is 0.367. The number of aromatic nitrogens is 2. The minimum Gasteiger partial charge on any atom is -0.493 e. The molecular formula is C29H28N2O4. The number of aliphatic hydroxyl groups excluding tert-OH is 1. The van der Waals surface area contributed by atoms with Crippen molar-refractivity contribution in [3.05, 3.63) is 95.8 Å². The molecule has 1 unspecified atom stereocenters. The van der Waals surface area contributed by atoms with Gasteiger partial charge in [0.25, 0.3) is 0 Å². The lowest BCUT2D eigenvalue weighted by Crippen LogP contribution is -2.09. The SMILES string of the molecule is CCCc1c(OCCc2cc3cc(C(O)C(=O)O)ccc3[nH]2)ccc2c1ccn2-c1ccccc1. The number of hydrogen-bond acceptors (Lipinski definition) is 3. The van der Waals surface area contributed by atoms with Crippen molar-refractivity contribution in [2.75, 3.05) is 6.61 Å². The Morgan fingerprint density at radius 2 is 1.86 bits per heavy atom. The summed E-state index contributed by atoms with van der Waals surface area (Å²) in [6.45, 7) is 2.69. The van der Waals surface area contributed by atoms with Crippen LogP contribution in [0.15, 0.2) is 79.0 Å². The summed E-state index contributed by atoms with van der Waals surface area (Å²) < 4.78 is 8.47. The van der Waals surface area contributed by atoms with Gasteiger partial charge in [0.2, 0.25) is 0 Å². The molecule has 6 heteroatoms. The summed E-state index contributed by atoms with van der Waals surface area (Å²) >= 11 is 0. The van der Waals surface area contributed by atoms with Crippen molar-refractivity contribution in [3.63, 3.8) is 0 Å². The zero-order valence-electron chi connectivity index (χ0n) is 19.6. The van der Waals surface area contributed by atoms with Gasteiger partial charge in [-0.15, -0.1) is 0 Å². The van der Waals surface area contributed by atoms with E-state index in [1.807, 2.05) is 24.3 Å². The van der Waals surface area contributed by atoms with Gasteiger partial charge in [-0.3, -0.25) is 0 Å². The number of hydrogen-bond donors (Lipinski definition) is 3. The fourth-order valence-corrected chi connectivity index (χ4v) is 4.64. The number of aryl methyl sites for hydroxylation is 1. The van der Waals surface area contributed by atoms with Gasteiger partial charge in [0, 0.05) is 45.9 Å². The third-order valence-corrected chi connectivity index (χ3v) is 6.35. The Bertz CT molecular complexity index is 1480. The fraction of sp³-hybridized carbons (Fsp3) is 0.207. The molecular weight excluding hydrogens is 440 g/mol. The van der Waals surface area contributed by atoms with Gasteiger partial charge in [0.15, 0.2) is 6.10 Å².